The van der Waals surface area contributed by atoms with Gasteiger partial charge in [0.05, 0.1) is 12.3 Å². The van der Waals surface area contributed by atoms with Gasteiger partial charge in [-0.05, 0) is 20.8 Å². The second kappa shape index (κ2) is 4.52. The van der Waals surface area contributed by atoms with Gasteiger partial charge in [-0.25, -0.2) is 9.78 Å². The molecule has 0 spiro atoms. The number of hydrogen-bond donors (Lipinski definition) is 1. The van der Waals surface area contributed by atoms with Gasteiger partial charge in [0.15, 0.2) is 6.10 Å². The Hall–Kier alpha value is -0.940. The Balaban J connectivity index is 2.50. The number of aliphatic carboxylic acids is 1. The largest absolute Gasteiger partial charge is 0.479 e. The van der Waals surface area contributed by atoms with Crippen LogP contribution in [0, 0.1) is 13.8 Å². The van der Waals surface area contributed by atoms with Gasteiger partial charge in [-0.3, -0.25) is 0 Å². The number of aromatic nitrogens is 1. The normalized spacial score (nSPS) is 12.8. The Kier molecular flexibility index (Phi) is 3.60. The number of nitrogens with zero attached hydrogens (tertiary/aromatic N) is 1. The van der Waals surface area contributed by atoms with Crippen molar-refractivity contribution in [1.29, 1.82) is 0 Å². The van der Waals surface area contributed by atoms with E-state index >= 15 is 0 Å². The van der Waals surface area contributed by atoms with E-state index in [1.165, 1.54) is 18.3 Å². The topological polar surface area (TPSA) is 59.4 Å². The van der Waals surface area contributed by atoms with E-state index in [0.717, 1.165) is 15.6 Å². The van der Waals surface area contributed by atoms with Crippen molar-refractivity contribution in [2.24, 2.45) is 0 Å². The summed E-state index contributed by atoms with van der Waals surface area (Å²) in [5.74, 6) is -0.949. The van der Waals surface area contributed by atoms with Crippen molar-refractivity contribution in [1.82, 2.24) is 4.98 Å². The van der Waals surface area contributed by atoms with Gasteiger partial charge >= 0.3 is 5.97 Å². The lowest BCUT2D eigenvalue weighted by Crippen LogP contribution is -2.19. The lowest BCUT2D eigenvalue weighted by molar-refractivity contribution is -0.149. The SMILES string of the molecule is Cc1nc(CO[C@H](C)C(=O)O)sc1C. The minimum Gasteiger partial charge on any atom is -0.479 e. The third-order valence-electron chi connectivity index (χ3n) is 1.88. The number of carboxylic acids is 1. The summed E-state index contributed by atoms with van der Waals surface area (Å²) < 4.78 is 5.11. The summed E-state index contributed by atoms with van der Waals surface area (Å²) in [5, 5.41) is 9.40. The molecule has 0 aromatic carbocycles. The van der Waals surface area contributed by atoms with Gasteiger partial charge in [0.25, 0.3) is 0 Å². The van der Waals surface area contributed by atoms with Gasteiger partial charge in [-0.1, -0.05) is 0 Å². The molecule has 1 N–H and O–H groups in total. The van der Waals surface area contributed by atoms with Crippen LogP contribution in [0.25, 0.3) is 0 Å². The van der Waals surface area contributed by atoms with E-state index in [1.807, 2.05) is 13.8 Å². The molecular weight excluding hydrogens is 202 g/mol. The van der Waals surface area contributed by atoms with Crippen LogP contribution in [-0.4, -0.2) is 22.2 Å². The molecule has 0 saturated carbocycles. The summed E-state index contributed by atoms with van der Waals surface area (Å²) in [6.45, 7) is 5.69. The molecule has 0 aliphatic carbocycles. The molecule has 1 aromatic rings. The zero-order valence-corrected chi connectivity index (χ0v) is 9.22. The van der Waals surface area contributed by atoms with Crippen LogP contribution in [0.15, 0.2) is 0 Å². The van der Waals surface area contributed by atoms with Crippen LogP contribution in [0.4, 0.5) is 0 Å². The van der Waals surface area contributed by atoms with E-state index in [-0.39, 0.29) is 6.61 Å². The molecule has 0 saturated heterocycles. The van der Waals surface area contributed by atoms with E-state index in [2.05, 4.69) is 4.98 Å². The summed E-state index contributed by atoms with van der Waals surface area (Å²) in [6, 6.07) is 0. The number of ether oxygens (including phenoxy) is 1. The third-order valence-corrected chi connectivity index (χ3v) is 2.92. The molecule has 1 rings (SSSR count). The standard InChI is InChI=1S/C9H13NO3S/c1-5-7(3)14-8(10-5)4-13-6(2)9(11)12/h6H,4H2,1-3H3,(H,11,12)/t6-/m1/s1. The molecule has 0 aliphatic heterocycles. The zero-order valence-electron chi connectivity index (χ0n) is 8.40. The maximum atomic E-state index is 10.5. The highest BCUT2D eigenvalue weighted by molar-refractivity contribution is 7.11. The Labute approximate surface area is 86.6 Å². The molecule has 1 heterocycles. The van der Waals surface area contributed by atoms with Crippen molar-refractivity contribution in [2.45, 2.75) is 33.5 Å². The molecular formula is C9H13NO3S. The molecule has 0 unspecified atom stereocenters. The van der Waals surface area contributed by atoms with E-state index < -0.39 is 12.1 Å². The summed E-state index contributed by atoms with van der Waals surface area (Å²) in [4.78, 5) is 15.8. The van der Waals surface area contributed by atoms with Crippen LogP contribution in [-0.2, 0) is 16.1 Å². The predicted molar refractivity (Wildman–Crippen MR) is 53.5 cm³/mol. The Bertz CT molecular complexity index is 315. The monoisotopic (exact) mass is 215 g/mol. The Morgan fingerprint density at radius 3 is 2.71 bits per heavy atom. The second-order valence-corrected chi connectivity index (χ2v) is 4.33. The van der Waals surface area contributed by atoms with Crippen molar-refractivity contribution >= 4 is 17.3 Å². The highest BCUT2D eigenvalue weighted by Gasteiger charge is 2.12. The van der Waals surface area contributed by atoms with Gasteiger partial charge in [-0.2, -0.15) is 0 Å². The second-order valence-electron chi connectivity index (χ2n) is 3.04. The molecule has 14 heavy (non-hydrogen) atoms. The number of rotatable bonds is 4. The first-order chi connectivity index (χ1) is 6.50. The molecule has 4 nitrogen and oxygen atoms in total. The van der Waals surface area contributed by atoms with Crippen molar-refractivity contribution in [2.75, 3.05) is 0 Å². The predicted octanol–water partition coefficient (Wildman–Crippen LogP) is 1.75. The molecule has 1 aromatic heterocycles. The zero-order chi connectivity index (χ0) is 10.7. The number of hydrogen-bond acceptors (Lipinski definition) is 4. The first-order valence-electron chi connectivity index (χ1n) is 4.28. The first-order valence-corrected chi connectivity index (χ1v) is 5.09. The quantitative estimate of drug-likeness (QED) is 0.831. The molecule has 0 bridgehead atoms. The van der Waals surface area contributed by atoms with Crippen molar-refractivity contribution in [3.8, 4) is 0 Å². The molecule has 0 aliphatic rings. The fraction of sp³-hybridized carbons (Fsp3) is 0.556. The summed E-state index contributed by atoms with van der Waals surface area (Å²) in [6.07, 6.45) is -0.778. The van der Waals surface area contributed by atoms with Crippen LogP contribution >= 0.6 is 11.3 Å². The van der Waals surface area contributed by atoms with Gasteiger partial charge in [0.2, 0.25) is 0 Å². The van der Waals surface area contributed by atoms with Gasteiger partial charge in [0.1, 0.15) is 5.01 Å². The Morgan fingerprint density at radius 2 is 2.29 bits per heavy atom. The average Bonchev–Trinajstić information content (AvgIpc) is 2.42. The van der Waals surface area contributed by atoms with E-state index in [4.69, 9.17) is 9.84 Å². The van der Waals surface area contributed by atoms with E-state index in [9.17, 15) is 4.79 Å². The molecule has 0 radical (unpaired) electrons. The fourth-order valence-electron chi connectivity index (χ4n) is 0.868. The van der Waals surface area contributed by atoms with Crippen LogP contribution < -0.4 is 0 Å². The third kappa shape index (κ3) is 2.78. The number of aryl methyl sites for hydroxylation is 2. The smallest absolute Gasteiger partial charge is 0.332 e. The van der Waals surface area contributed by atoms with Crippen LogP contribution in [0.3, 0.4) is 0 Å². The Morgan fingerprint density at radius 1 is 1.64 bits per heavy atom. The highest BCUT2D eigenvalue weighted by atomic mass is 32.1. The van der Waals surface area contributed by atoms with Crippen molar-refractivity contribution < 1.29 is 14.6 Å². The molecule has 78 valence electrons. The summed E-state index contributed by atoms with van der Waals surface area (Å²) in [5.41, 5.74) is 0.983. The maximum Gasteiger partial charge on any atom is 0.332 e. The van der Waals surface area contributed by atoms with Crippen molar-refractivity contribution in [3.63, 3.8) is 0 Å². The lowest BCUT2D eigenvalue weighted by atomic mass is 10.4. The first kappa shape index (κ1) is 11.1. The molecule has 0 amide bonds. The van der Waals surface area contributed by atoms with Crippen LogP contribution in [0.2, 0.25) is 0 Å². The average molecular weight is 215 g/mol. The lowest BCUT2D eigenvalue weighted by Gasteiger charge is -2.05. The van der Waals surface area contributed by atoms with Gasteiger partial charge in [0, 0.05) is 4.88 Å². The number of thiazole rings is 1. The van der Waals surface area contributed by atoms with Crippen LogP contribution in [0.5, 0.6) is 0 Å². The van der Waals surface area contributed by atoms with Crippen LogP contribution in [0.1, 0.15) is 22.5 Å². The highest BCUT2D eigenvalue weighted by Crippen LogP contribution is 2.17. The number of carboxylic acid groups (broad SMARTS) is 1. The van der Waals surface area contributed by atoms with E-state index in [1.54, 1.807) is 0 Å². The molecule has 1 atom stereocenters. The molecule has 0 fully saturated rings. The summed E-state index contributed by atoms with van der Waals surface area (Å²) in [7, 11) is 0. The van der Waals surface area contributed by atoms with Gasteiger partial charge in [-0.15, -0.1) is 11.3 Å². The van der Waals surface area contributed by atoms with E-state index in [0.29, 0.717) is 0 Å². The maximum absolute atomic E-state index is 10.5. The molecule has 5 heteroatoms. The minimum atomic E-state index is -0.949. The number of carbonyl (C=O) groups is 1. The minimum absolute atomic E-state index is 0.271. The van der Waals surface area contributed by atoms with Gasteiger partial charge < -0.3 is 9.84 Å². The van der Waals surface area contributed by atoms with Crippen molar-refractivity contribution in [3.05, 3.63) is 15.6 Å². The summed E-state index contributed by atoms with van der Waals surface area (Å²) >= 11 is 1.54. The fourth-order valence-corrected chi connectivity index (χ4v) is 1.72.